The van der Waals surface area contributed by atoms with E-state index in [1.807, 2.05) is 0 Å². The van der Waals surface area contributed by atoms with Crippen molar-refractivity contribution in [2.45, 2.75) is 19.8 Å². The molecule has 0 amide bonds. The van der Waals surface area contributed by atoms with E-state index < -0.39 is 10.2 Å². The summed E-state index contributed by atoms with van der Waals surface area (Å²) in [5.41, 5.74) is 0.219. The predicted molar refractivity (Wildman–Crippen MR) is 76.0 cm³/mol. The van der Waals surface area contributed by atoms with Gasteiger partial charge in [-0.25, -0.2) is 5.14 Å². The molecule has 2 rings (SSSR count). The highest BCUT2D eigenvalue weighted by Crippen LogP contribution is 2.32. The van der Waals surface area contributed by atoms with Gasteiger partial charge in [-0.3, -0.25) is 0 Å². The highest BCUT2D eigenvalue weighted by molar-refractivity contribution is 7.86. The summed E-state index contributed by atoms with van der Waals surface area (Å²) in [5.74, 6) is 0. The molecule has 0 atom stereocenters. The zero-order chi connectivity index (χ0) is 14.1. The van der Waals surface area contributed by atoms with Gasteiger partial charge in [-0.05, 0) is 25.3 Å². The van der Waals surface area contributed by atoms with Gasteiger partial charge >= 0.3 is 0 Å². The molecule has 2 heterocycles. The summed E-state index contributed by atoms with van der Waals surface area (Å²) in [6, 6.07) is 0. The molecule has 2 N–H and O–H groups in total. The quantitative estimate of drug-likeness (QED) is 0.763. The van der Waals surface area contributed by atoms with E-state index in [1.165, 1.54) is 4.31 Å². The fourth-order valence-corrected chi connectivity index (χ4v) is 3.68. The predicted octanol–water partition coefficient (Wildman–Crippen LogP) is -0.461. The zero-order valence-electron chi connectivity index (χ0n) is 12.0. The van der Waals surface area contributed by atoms with Crippen LogP contribution in [-0.2, 0) is 10.2 Å². The third-order valence-corrected chi connectivity index (χ3v) is 5.58. The number of hydrogen-bond donors (Lipinski definition) is 1. The molecule has 0 radical (unpaired) electrons. The molecule has 0 spiro atoms. The maximum absolute atomic E-state index is 11.3. The van der Waals surface area contributed by atoms with Crippen molar-refractivity contribution in [1.82, 2.24) is 14.1 Å². The number of likely N-dealkylation sites (N-methyl/N-ethyl adjacent to an activating group) is 1. The molecular formula is C12H26N4O2S. The molecule has 2 aliphatic rings. The number of piperidine rings is 1. The molecule has 2 aliphatic heterocycles. The Bertz CT molecular complexity index is 396. The SMILES string of the molecule is CN1CCN(CC2(C)CCN(S(N)(=O)=O)CC2)CC1. The Hall–Kier alpha value is -0.210. The van der Waals surface area contributed by atoms with Gasteiger partial charge in [-0.15, -0.1) is 0 Å². The normalized spacial score (nSPS) is 27.5. The van der Waals surface area contributed by atoms with Gasteiger partial charge in [0.1, 0.15) is 0 Å². The Morgan fingerprint density at radius 2 is 1.58 bits per heavy atom. The van der Waals surface area contributed by atoms with E-state index >= 15 is 0 Å². The van der Waals surface area contributed by atoms with Crippen molar-refractivity contribution in [3.8, 4) is 0 Å². The largest absolute Gasteiger partial charge is 0.304 e. The molecule has 0 saturated carbocycles. The molecule has 0 aromatic heterocycles. The second-order valence-electron chi connectivity index (χ2n) is 6.33. The molecule has 2 saturated heterocycles. The lowest BCUT2D eigenvalue weighted by Crippen LogP contribution is -2.51. The van der Waals surface area contributed by atoms with Crippen LogP contribution < -0.4 is 5.14 Å². The van der Waals surface area contributed by atoms with Gasteiger partial charge < -0.3 is 9.80 Å². The number of rotatable bonds is 3. The summed E-state index contributed by atoms with van der Waals surface area (Å²) >= 11 is 0. The first-order valence-corrected chi connectivity index (χ1v) is 8.48. The highest BCUT2D eigenvalue weighted by Gasteiger charge is 2.35. The van der Waals surface area contributed by atoms with E-state index in [-0.39, 0.29) is 5.41 Å². The third-order valence-electron chi connectivity index (χ3n) is 4.49. The average molecular weight is 290 g/mol. The Labute approximate surface area is 116 Å². The van der Waals surface area contributed by atoms with E-state index in [9.17, 15) is 8.42 Å². The van der Waals surface area contributed by atoms with Crippen LogP contribution in [0.3, 0.4) is 0 Å². The van der Waals surface area contributed by atoms with E-state index in [0.717, 1.165) is 45.6 Å². The lowest BCUT2D eigenvalue weighted by Gasteiger charge is -2.43. The van der Waals surface area contributed by atoms with Gasteiger partial charge in [0, 0.05) is 45.8 Å². The number of hydrogen-bond acceptors (Lipinski definition) is 4. The van der Waals surface area contributed by atoms with Crippen LogP contribution in [0.25, 0.3) is 0 Å². The van der Waals surface area contributed by atoms with E-state index in [4.69, 9.17) is 5.14 Å². The van der Waals surface area contributed by atoms with Crippen LogP contribution in [0, 0.1) is 5.41 Å². The van der Waals surface area contributed by atoms with Crippen molar-refractivity contribution in [3.63, 3.8) is 0 Å². The topological polar surface area (TPSA) is 69.9 Å². The first kappa shape index (κ1) is 15.2. The highest BCUT2D eigenvalue weighted by atomic mass is 32.2. The lowest BCUT2D eigenvalue weighted by molar-refractivity contribution is 0.0726. The van der Waals surface area contributed by atoms with Crippen molar-refractivity contribution >= 4 is 10.2 Å². The zero-order valence-corrected chi connectivity index (χ0v) is 12.8. The van der Waals surface area contributed by atoms with Gasteiger partial charge in [0.05, 0.1) is 0 Å². The minimum absolute atomic E-state index is 0.219. The number of piperazine rings is 1. The summed E-state index contributed by atoms with van der Waals surface area (Å²) in [6.07, 6.45) is 1.80. The van der Waals surface area contributed by atoms with Crippen molar-refractivity contribution in [3.05, 3.63) is 0 Å². The average Bonchev–Trinajstić information content (AvgIpc) is 2.31. The minimum Gasteiger partial charge on any atom is -0.304 e. The van der Waals surface area contributed by atoms with Crippen molar-refractivity contribution in [2.75, 3.05) is 52.9 Å². The van der Waals surface area contributed by atoms with Crippen LogP contribution in [0.15, 0.2) is 0 Å². The summed E-state index contributed by atoms with van der Waals surface area (Å²) in [6.45, 7) is 8.94. The van der Waals surface area contributed by atoms with Crippen LogP contribution in [0.5, 0.6) is 0 Å². The third kappa shape index (κ3) is 4.13. The summed E-state index contributed by atoms with van der Waals surface area (Å²) < 4.78 is 24.0. The first-order chi connectivity index (χ1) is 8.78. The molecule has 2 fully saturated rings. The molecule has 0 bridgehead atoms. The second-order valence-corrected chi connectivity index (χ2v) is 7.88. The molecule has 19 heavy (non-hydrogen) atoms. The monoisotopic (exact) mass is 290 g/mol. The van der Waals surface area contributed by atoms with Crippen LogP contribution in [0.1, 0.15) is 19.8 Å². The Morgan fingerprint density at radius 3 is 2.05 bits per heavy atom. The van der Waals surface area contributed by atoms with Gasteiger partial charge in [-0.1, -0.05) is 6.92 Å². The summed E-state index contributed by atoms with van der Waals surface area (Å²) in [7, 11) is -1.35. The molecule has 0 aromatic rings. The van der Waals surface area contributed by atoms with Gasteiger partial charge in [0.25, 0.3) is 10.2 Å². The lowest BCUT2D eigenvalue weighted by atomic mass is 9.80. The Balaban J connectivity index is 1.85. The van der Waals surface area contributed by atoms with Crippen LogP contribution in [0.2, 0.25) is 0 Å². The first-order valence-electron chi connectivity index (χ1n) is 6.97. The van der Waals surface area contributed by atoms with Crippen molar-refractivity contribution < 1.29 is 8.42 Å². The van der Waals surface area contributed by atoms with Crippen molar-refractivity contribution in [1.29, 1.82) is 0 Å². The molecule has 7 heteroatoms. The molecule has 0 unspecified atom stereocenters. The van der Waals surface area contributed by atoms with E-state index in [0.29, 0.717) is 13.1 Å². The van der Waals surface area contributed by atoms with Crippen LogP contribution >= 0.6 is 0 Å². The van der Waals surface area contributed by atoms with Gasteiger partial charge in [0.2, 0.25) is 0 Å². The molecule has 0 aromatic carbocycles. The molecule has 0 aliphatic carbocycles. The van der Waals surface area contributed by atoms with Gasteiger partial charge in [0.15, 0.2) is 0 Å². The molecule has 6 nitrogen and oxygen atoms in total. The van der Waals surface area contributed by atoms with Crippen molar-refractivity contribution in [2.24, 2.45) is 10.6 Å². The summed E-state index contributed by atoms with van der Waals surface area (Å²) in [4.78, 5) is 4.86. The minimum atomic E-state index is -3.50. The van der Waals surface area contributed by atoms with E-state index in [1.54, 1.807) is 0 Å². The second kappa shape index (κ2) is 5.65. The number of nitrogens with two attached hydrogens (primary N) is 1. The van der Waals surface area contributed by atoms with Gasteiger partial charge in [-0.2, -0.15) is 12.7 Å². The maximum atomic E-state index is 11.3. The Morgan fingerprint density at radius 1 is 1.05 bits per heavy atom. The standard InChI is InChI=1S/C12H26N4O2S/c1-12(11-15-9-7-14(2)8-10-15)3-5-16(6-4-12)19(13,17)18/h3-11H2,1-2H3,(H2,13,17,18). The Kier molecular flexibility index (Phi) is 4.52. The fraction of sp³-hybridized carbons (Fsp3) is 1.00. The summed E-state index contributed by atoms with van der Waals surface area (Å²) in [5, 5.41) is 5.18. The fourth-order valence-electron chi connectivity index (χ4n) is 2.98. The smallest absolute Gasteiger partial charge is 0.276 e. The maximum Gasteiger partial charge on any atom is 0.276 e. The van der Waals surface area contributed by atoms with E-state index in [2.05, 4.69) is 23.8 Å². The molecule has 112 valence electrons. The van der Waals surface area contributed by atoms with Crippen LogP contribution in [-0.4, -0.2) is 75.4 Å². The molecular weight excluding hydrogens is 264 g/mol. The number of nitrogens with zero attached hydrogens (tertiary/aromatic N) is 3. The van der Waals surface area contributed by atoms with Crippen LogP contribution in [0.4, 0.5) is 0 Å².